The van der Waals surface area contributed by atoms with E-state index in [2.05, 4.69) is 6.92 Å². The second-order valence-electron chi connectivity index (χ2n) is 2.94. The Labute approximate surface area is 74.1 Å². The smallest absolute Gasteiger partial charge is 0.0543 e. The Morgan fingerprint density at radius 3 is 2.64 bits per heavy atom. The van der Waals surface area contributed by atoms with E-state index in [1.165, 1.54) is 0 Å². The Kier molecular flexibility index (Phi) is 6.68. The largest absolute Gasteiger partial charge is 0.393 e. The molecule has 0 aromatic carbocycles. The van der Waals surface area contributed by atoms with Gasteiger partial charge in [-0.05, 0) is 26.2 Å². The van der Waals surface area contributed by atoms with Gasteiger partial charge in [-0.2, -0.15) is 0 Å². The van der Waals surface area contributed by atoms with Gasteiger partial charge in [-0.25, -0.2) is 0 Å². The van der Waals surface area contributed by atoms with E-state index in [-0.39, 0.29) is 6.10 Å². The molecule has 0 amide bonds. The van der Waals surface area contributed by atoms with E-state index in [0.717, 1.165) is 31.3 Å². The number of rotatable bonds is 5. The number of halogens is 1. The minimum atomic E-state index is -0.147. The molecule has 0 aliphatic rings. The van der Waals surface area contributed by atoms with Crippen LogP contribution < -0.4 is 0 Å². The van der Waals surface area contributed by atoms with Crippen LogP contribution in [0.25, 0.3) is 0 Å². The van der Waals surface area contributed by atoms with E-state index < -0.39 is 0 Å². The molecule has 0 rings (SSSR count). The summed E-state index contributed by atoms with van der Waals surface area (Å²) in [5.74, 6) is 0. The Morgan fingerprint density at radius 1 is 1.55 bits per heavy atom. The van der Waals surface area contributed by atoms with Gasteiger partial charge in [-0.3, -0.25) is 0 Å². The molecule has 1 unspecified atom stereocenters. The maximum atomic E-state index is 9.32. The normalized spacial score (nSPS) is 15.1. The molecule has 0 aromatic rings. The Hall–Kier alpha value is -0.0100. The van der Waals surface area contributed by atoms with E-state index in [1.54, 1.807) is 5.54 Å². The molecule has 1 atom stereocenters. The fourth-order valence-electron chi connectivity index (χ4n) is 0.926. The summed E-state index contributed by atoms with van der Waals surface area (Å²) in [6.45, 7) is 4.05. The van der Waals surface area contributed by atoms with Crippen LogP contribution in [0.5, 0.6) is 0 Å². The number of aliphatic hydroxyl groups is 1. The fourth-order valence-corrected chi connectivity index (χ4v) is 1.04. The first-order chi connectivity index (χ1) is 5.20. The van der Waals surface area contributed by atoms with Gasteiger partial charge in [0.05, 0.1) is 6.10 Å². The lowest BCUT2D eigenvalue weighted by molar-refractivity contribution is 0.154. The molecule has 0 aromatic heterocycles. The molecule has 66 valence electrons. The lowest BCUT2D eigenvalue weighted by Crippen LogP contribution is -2.05. The van der Waals surface area contributed by atoms with Crippen molar-refractivity contribution in [3.05, 3.63) is 11.1 Å². The number of allylic oxidation sites excluding steroid dienone is 1. The molecule has 0 bridgehead atoms. The highest BCUT2D eigenvalue weighted by Crippen LogP contribution is 2.10. The first-order valence-corrected chi connectivity index (χ1v) is 4.58. The van der Waals surface area contributed by atoms with Crippen LogP contribution in [0, 0.1) is 0 Å². The molecule has 0 aliphatic carbocycles. The van der Waals surface area contributed by atoms with Crippen molar-refractivity contribution in [3.63, 3.8) is 0 Å². The Morgan fingerprint density at radius 2 is 2.18 bits per heavy atom. The van der Waals surface area contributed by atoms with Crippen molar-refractivity contribution in [1.29, 1.82) is 0 Å². The average molecular weight is 177 g/mol. The summed E-state index contributed by atoms with van der Waals surface area (Å²) in [6.07, 6.45) is 3.54. The molecule has 11 heavy (non-hydrogen) atoms. The zero-order valence-electron chi connectivity index (χ0n) is 7.31. The summed E-state index contributed by atoms with van der Waals surface area (Å²) in [5, 5.41) is 9.32. The van der Waals surface area contributed by atoms with Crippen LogP contribution in [0.3, 0.4) is 0 Å². The van der Waals surface area contributed by atoms with E-state index >= 15 is 0 Å². The fraction of sp³-hybridized carbons (Fsp3) is 0.778. The Bertz CT molecular complexity index is 121. The number of hydrogen-bond donors (Lipinski definition) is 1. The predicted molar refractivity (Wildman–Crippen MR) is 49.8 cm³/mol. The topological polar surface area (TPSA) is 20.2 Å². The molecule has 1 nitrogen and oxygen atoms in total. The minimum Gasteiger partial charge on any atom is -0.393 e. The van der Waals surface area contributed by atoms with Crippen LogP contribution in [0.15, 0.2) is 11.1 Å². The van der Waals surface area contributed by atoms with Gasteiger partial charge < -0.3 is 5.11 Å². The number of hydrogen-bond acceptors (Lipinski definition) is 1. The molecule has 0 saturated heterocycles. The van der Waals surface area contributed by atoms with Crippen molar-refractivity contribution in [3.8, 4) is 0 Å². The molecule has 0 heterocycles. The van der Waals surface area contributed by atoms with Gasteiger partial charge in [-0.1, -0.05) is 30.5 Å². The van der Waals surface area contributed by atoms with Gasteiger partial charge in [0.1, 0.15) is 0 Å². The zero-order chi connectivity index (χ0) is 8.69. The van der Waals surface area contributed by atoms with Crippen LogP contribution in [0.1, 0.15) is 39.5 Å². The van der Waals surface area contributed by atoms with E-state index in [4.69, 9.17) is 11.6 Å². The highest BCUT2D eigenvalue weighted by atomic mass is 35.5. The summed E-state index contributed by atoms with van der Waals surface area (Å²) in [4.78, 5) is 0. The summed E-state index contributed by atoms with van der Waals surface area (Å²) in [7, 11) is 0. The quantitative estimate of drug-likeness (QED) is 0.683. The average Bonchev–Trinajstić information content (AvgIpc) is 2.01. The maximum absolute atomic E-state index is 9.32. The highest BCUT2D eigenvalue weighted by molar-refractivity contribution is 6.25. The third kappa shape index (κ3) is 6.39. The molecule has 0 saturated carbocycles. The third-order valence-electron chi connectivity index (χ3n) is 1.68. The van der Waals surface area contributed by atoms with Crippen LogP contribution >= 0.6 is 11.6 Å². The predicted octanol–water partition coefficient (Wildman–Crippen LogP) is 3.07. The standard InChI is InChI=1S/C9H17ClO/c1-3-4-9(11)6-5-8(2)7-10/h7,9,11H,3-6H2,1-2H3. The van der Waals surface area contributed by atoms with Gasteiger partial charge >= 0.3 is 0 Å². The molecule has 1 N–H and O–H groups in total. The van der Waals surface area contributed by atoms with Crippen molar-refractivity contribution in [1.82, 2.24) is 0 Å². The van der Waals surface area contributed by atoms with E-state index in [0.29, 0.717) is 0 Å². The van der Waals surface area contributed by atoms with Crippen molar-refractivity contribution in [2.24, 2.45) is 0 Å². The van der Waals surface area contributed by atoms with Crippen LogP contribution in [0.2, 0.25) is 0 Å². The van der Waals surface area contributed by atoms with E-state index in [1.807, 2.05) is 6.92 Å². The molecule has 2 heteroatoms. The first-order valence-electron chi connectivity index (χ1n) is 4.14. The summed E-state index contributed by atoms with van der Waals surface area (Å²) in [6, 6.07) is 0. The lowest BCUT2D eigenvalue weighted by Gasteiger charge is -2.07. The molecular weight excluding hydrogens is 160 g/mol. The van der Waals surface area contributed by atoms with Crippen molar-refractivity contribution in [2.45, 2.75) is 45.6 Å². The second kappa shape index (κ2) is 6.68. The first kappa shape index (κ1) is 11.0. The SMILES string of the molecule is CCCC(O)CCC(C)=CCl. The molecule has 0 radical (unpaired) electrons. The van der Waals surface area contributed by atoms with Gasteiger partial charge in [0.2, 0.25) is 0 Å². The molecule has 0 fully saturated rings. The molecule has 0 spiro atoms. The van der Waals surface area contributed by atoms with Gasteiger partial charge in [-0.15, -0.1) is 0 Å². The minimum absolute atomic E-state index is 0.147. The zero-order valence-corrected chi connectivity index (χ0v) is 8.06. The monoisotopic (exact) mass is 176 g/mol. The van der Waals surface area contributed by atoms with E-state index in [9.17, 15) is 5.11 Å². The summed E-state index contributed by atoms with van der Waals surface area (Å²) in [5.41, 5.74) is 2.72. The highest BCUT2D eigenvalue weighted by Gasteiger charge is 2.01. The third-order valence-corrected chi connectivity index (χ3v) is 2.05. The van der Waals surface area contributed by atoms with Crippen LogP contribution in [-0.2, 0) is 0 Å². The molecular formula is C9H17ClO. The van der Waals surface area contributed by atoms with Gasteiger partial charge in [0.25, 0.3) is 0 Å². The van der Waals surface area contributed by atoms with Crippen molar-refractivity contribution in [2.75, 3.05) is 0 Å². The number of aliphatic hydroxyl groups excluding tert-OH is 1. The van der Waals surface area contributed by atoms with Crippen molar-refractivity contribution >= 4 is 11.6 Å². The van der Waals surface area contributed by atoms with Crippen LogP contribution in [0.4, 0.5) is 0 Å². The van der Waals surface area contributed by atoms with Gasteiger partial charge in [0.15, 0.2) is 0 Å². The Balaban J connectivity index is 3.37. The van der Waals surface area contributed by atoms with Crippen molar-refractivity contribution < 1.29 is 5.11 Å². The summed E-state index contributed by atoms with van der Waals surface area (Å²) >= 11 is 5.47. The molecule has 0 aliphatic heterocycles. The second-order valence-corrected chi connectivity index (χ2v) is 3.15. The lowest BCUT2D eigenvalue weighted by atomic mass is 10.1. The van der Waals surface area contributed by atoms with Crippen LogP contribution in [-0.4, -0.2) is 11.2 Å². The maximum Gasteiger partial charge on any atom is 0.0543 e. The summed E-state index contributed by atoms with van der Waals surface area (Å²) < 4.78 is 0. The van der Waals surface area contributed by atoms with Gasteiger partial charge in [0, 0.05) is 5.54 Å².